The van der Waals surface area contributed by atoms with Crippen molar-refractivity contribution in [2.24, 2.45) is 0 Å². The number of para-hydroxylation sites is 2. The molecule has 0 radical (unpaired) electrons. The van der Waals surface area contributed by atoms with Crippen molar-refractivity contribution in [1.29, 1.82) is 0 Å². The van der Waals surface area contributed by atoms with Gasteiger partial charge in [-0.05, 0) is 43.2 Å². The first-order chi connectivity index (χ1) is 12.7. The fourth-order valence-electron chi connectivity index (χ4n) is 2.86. The second-order valence-electron chi connectivity index (χ2n) is 6.09. The molecule has 0 bridgehead atoms. The Balaban J connectivity index is 1.75. The smallest absolute Gasteiger partial charge is 0.231 e. The van der Waals surface area contributed by atoms with Gasteiger partial charge in [0.25, 0.3) is 0 Å². The number of ether oxygens (including phenoxy) is 1. The van der Waals surface area contributed by atoms with Gasteiger partial charge in [-0.15, -0.1) is 0 Å². The van der Waals surface area contributed by atoms with Crippen LogP contribution in [0.25, 0.3) is 11.0 Å². The summed E-state index contributed by atoms with van der Waals surface area (Å²) in [6.45, 7) is 4.10. The lowest BCUT2D eigenvalue weighted by Crippen LogP contribution is -2.18. The summed E-state index contributed by atoms with van der Waals surface area (Å²) in [6, 6.07) is 15.2. The molecule has 26 heavy (non-hydrogen) atoms. The Bertz CT molecular complexity index is 871. The molecule has 1 amide bonds. The molecule has 6 nitrogen and oxygen atoms in total. The summed E-state index contributed by atoms with van der Waals surface area (Å²) in [5.74, 6) is 0.472. The maximum absolute atomic E-state index is 12.5. The van der Waals surface area contributed by atoms with Crippen LogP contribution in [0.5, 0.6) is 0 Å². The number of nitrogens with zero attached hydrogens (tertiary/aromatic N) is 2. The van der Waals surface area contributed by atoms with Gasteiger partial charge in [0, 0.05) is 25.4 Å². The summed E-state index contributed by atoms with van der Waals surface area (Å²) in [6.07, 6.45) is 1.14. The molecule has 3 rings (SSSR count). The number of benzene rings is 2. The van der Waals surface area contributed by atoms with Crippen LogP contribution in [0, 0.1) is 0 Å². The number of fused-ring (bicyclic) bond motifs is 1. The highest BCUT2D eigenvalue weighted by Crippen LogP contribution is 2.20. The molecule has 0 saturated carbocycles. The highest BCUT2D eigenvalue weighted by Gasteiger charge is 2.13. The highest BCUT2D eigenvalue weighted by atomic mass is 16.5. The quantitative estimate of drug-likeness (QED) is 0.482. The summed E-state index contributed by atoms with van der Waals surface area (Å²) >= 11 is 0. The van der Waals surface area contributed by atoms with E-state index in [1.807, 2.05) is 47.9 Å². The maximum atomic E-state index is 12.5. The van der Waals surface area contributed by atoms with Crippen molar-refractivity contribution in [3.8, 4) is 0 Å². The van der Waals surface area contributed by atoms with Crippen LogP contribution in [0.2, 0.25) is 0 Å². The lowest BCUT2D eigenvalue weighted by Gasteiger charge is -2.10. The number of hydrogen-bond acceptors (Lipinski definition) is 4. The van der Waals surface area contributed by atoms with Crippen LogP contribution in [0.4, 0.5) is 11.6 Å². The zero-order chi connectivity index (χ0) is 18.4. The lowest BCUT2D eigenvalue weighted by molar-refractivity contribution is -0.115. The largest absolute Gasteiger partial charge is 0.399 e. The number of nitrogen functional groups attached to an aromatic ring is 1. The van der Waals surface area contributed by atoms with Gasteiger partial charge in [0.1, 0.15) is 0 Å². The molecule has 0 aliphatic carbocycles. The molecule has 2 aromatic carbocycles. The Kier molecular flexibility index (Phi) is 5.86. The second-order valence-corrected chi connectivity index (χ2v) is 6.09. The number of imidazole rings is 1. The standard InChI is InChI=1S/C20H24N4O2/c1-2-26-13-5-12-24-18-7-4-3-6-17(18)22-20(24)23-19(25)14-15-8-10-16(21)11-9-15/h3-4,6-11H,2,5,12-14,21H2,1H3,(H,22,23,25). The molecule has 136 valence electrons. The van der Waals surface area contributed by atoms with Crippen LogP contribution in [0.3, 0.4) is 0 Å². The first-order valence-corrected chi connectivity index (χ1v) is 8.84. The third-order valence-electron chi connectivity index (χ3n) is 4.12. The average Bonchev–Trinajstić information content (AvgIpc) is 2.98. The fraction of sp³-hybridized carbons (Fsp3) is 0.300. The first-order valence-electron chi connectivity index (χ1n) is 8.84. The van der Waals surface area contributed by atoms with E-state index in [-0.39, 0.29) is 12.3 Å². The normalized spacial score (nSPS) is 11.0. The SMILES string of the molecule is CCOCCCn1c(NC(=O)Cc2ccc(N)cc2)nc2ccccc21. The molecular formula is C20H24N4O2. The van der Waals surface area contributed by atoms with Crippen molar-refractivity contribution in [2.75, 3.05) is 24.3 Å². The van der Waals surface area contributed by atoms with Crippen molar-refractivity contribution in [2.45, 2.75) is 26.3 Å². The minimum absolute atomic E-state index is 0.101. The topological polar surface area (TPSA) is 82.2 Å². The van der Waals surface area contributed by atoms with Gasteiger partial charge in [0.05, 0.1) is 17.5 Å². The third kappa shape index (κ3) is 4.40. The summed E-state index contributed by atoms with van der Waals surface area (Å²) in [5, 5.41) is 2.94. The number of nitrogens with two attached hydrogens (primary N) is 1. The maximum Gasteiger partial charge on any atom is 0.231 e. The molecule has 3 aromatic rings. The third-order valence-corrected chi connectivity index (χ3v) is 4.12. The zero-order valence-electron chi connectivity index (χ0n) is 14.9. The number of rotatable bonds is 8. The predicted molar refractivity (Wildman–Crippen MR) is 104 cm³/mol. The van der Waals surface area contributed by atoms with Gasteiger partial charge in [-0.1, -0.05) is 24.3 Å². The van der Waals surface area contributed by atoms with Crippen LogP contribution in [-0.4, -0.2) is 28.7 Å². The van der Waals surface area contributed by atoms with Gasteiger partial charge < -0.3 is 15.0 Å². The fourth-order valence-corrected chi connectivity index (χ4v) is 2.86. The van der Waals surface area contributed by atoms with E-state index in [2.05, 4.69) is 10.3 Å². The van der Waals surface area contributed by atoms with E-state index in [1.165, 1.54) is 0 Å². The Hall–Kier alpha value is -2.86. The Morgan fingerprint density at radius 2 is 1.96 bits per heavy atom. The van der Waals surface area contributed by atoms with Crippen LogP contribution in [-0.2, 0) is 22.5 Å². The minimum atomic E-state index is -0.101. The van der Waals surface area contributed by atoms with E-state index in [0.717, 1.165) is 29.6 Å². The van der Waals surface area contributed by atoms with Gasteiger partial charge in [-0.2, -0.15) is 0 Å². The number of hydrogen-bond donors (Lipinski definition) is 2. The summed E-state index contributed by atoms with van der Waals surface area (Å²) in [4.78, 5) is 17.0. The van der Waals surface area contributed by atoms with Crippen LogP contribution in [0.15, 0.2) is 48.5 Å². The Morgan fingerprint density at radius 1 is 1.19 bits per heavy atom. The molecule has 0 saturated heterocycles. The number of aryl methyl sites for hydroxylation is 1. The molecular weight excluding hydrogens is 328 g/mol. The van der Waals surface area contributed by atoms with Crippen molar-refractivity contribution in [3.63, 3.8) is 0 Å². The number of carbonyl (C=O) groups is 1. The molecule has 1 aromatic heterocycles. The summed E-state index contributed by atoms with van der Waals surface area (Å²) in [5.41, 5.74) is 9.16. The molecule has 0 fully saturated rings. The van der Waals surface area contributed by atoms with E-state index in [4.69, 9.17) is 10.5 Å². The van der Waals surface area contributed by atoms with E-state index < -0.39 is 0 Å². The van der Waals surface area contributed by atoms with Crippen LogP contribution >= 0.6 is 0 Å². The molecule has 1 heterocycles. The van der Waals surface area contributed by atoms with Crippen molar-refractivity contribution in [1.82, 2.24) is 9.55 Å². The zero-order valence-corrected chi connectivity index (χ0v) is 14.9. The van der Waals surface area contributed by atoms with E-state index >= 15 is 0 Å². The Labute approximate surface area is 153 Å². The van der Waals surface area contributed by atoms with Gasteiger partial charge in [-0.3, -0.25) is 10.1 Å². The van der Waals surface area contributed by atoms with Crippen molar-refractivity contribution in [3.05, 3.63) is 54.1 Å². The van der Waals surface area contributed by atoms with Gasteiger partial charge in [0.2, 0.25) is 11.9 Å². The Morgan fingerprint density at radius 3 is 2.73 bits per heavy atom. The van der Waals surface area contributed by atoms with Gasteiger partial charge >= 0.3 is 0 Å². The molecule has 0 spiro atoms. The van der Waals surface area contributed by atoms with Gasteiger partial charge in [0.15, 0.2) is 0 Å². The van der Waals surface area contributed by atoms with Crippen LogP contribution < -0.4 is 11.1 Å². The summed E-state index contributed by atoms with van der Waals surface area (Å²) < 4.78 is 7.46. The second kappa shape index (κ2) is 8.49. The lowest BCUT2D eigenvalue weighted by atomic mass is 10.1. The molecule has 6 heteroatoms. The van der Waals surface area contributed by atoms with E-state index in [1.54, 1.807) is 12.1 Å². The monoisotopic (exact) mass is 352 g/mol. The molecule has 3 N–H and O–H groups in total. The predicted octanol–water partition coefficient (Wildman–Crippen LogP) is 3.23. The average molecular weight is 352 g/mol. The summed E-state index contributed by atoms with van der Waals surface area (Å²) in [7, 11) is 0. The minimum Gasteiger partial charge on any atom is -0.399 e. The number of nitrogens with one attached hydrogen (secondary N) is 1. The molecule has 0 unspecified atom stereocenters. The van der Waals surface area contributed by atoms with E-state index in [9.17, 15) is 4.79 Å². The van der Waals surface area contributed by atoms with E-state index in [0.29, 0.717) is 24.8 Å². The molecule has 0 aliphatic heterocycles. The highest BCUT2D eigenvalue weighted by molar-refractivity contribution is 5.92. The van der Waals surface area contributed by atoms with Crippen molar-refractivity contribution >= 4 is 28.6 Å². The van der Waals surface area contributed by atoms with Crippen molar-refractivity contribution < 1.29 is 9.53 Å². The number of anilines is 2. The first kappa shape index (κ1) is 17.9. The number of aromatic nitrogens is 2. The van der Waals surface area contributed by atoms with Gasteiger partial charge in [-0.25, -0.2) is 4.98 Å². The van der Waals surface area contributed by atoms with Crippen LogP contribution in [0.1, 0.15) is 18.9 Å². The number of amides is 1. The number of carbonyl (C=O) groups excluding carboxylic acids is 1. The molecule has 0 atom stereocenters. The molecule has 0 aliphatic rings.